The summed E-state index contributed by atoms with van der Waals surface area (Å²) in [5.74, 6) is 0. The average Bonchev–Trinajstić information content (AvgIpc) is 2.61. The summed E-state index contributed by atoms with van der Waals surface area (Å²) in [7, 11) is 2.42. The zero-order valence-electron chi connectivity index (χ0n) is 16.4. The van der Waals surface area contributed by atoms with Gasteiger partial charge in [0.05, 0.1) is 0 Å². The number of ether oxygens (including phenoxy) is 3. The summed E-state index contributed by atoms with van der Waals surface area (Å²) in [6.45, 7) is 7.96. The van der Waals surface area contributed by atoms with Crippen molar-refractivity contribution in [2.24, 2.45) is 0 Å². The first-order chi connectivity index (χ1) is 12.2. The third kappa shape index (κ3) is 14.6. The van der Waals surface area contributed by atoms with Crippen molar-refractivity contribution in [3.05, 3.63) is 12.7 Å². The number of hydrogen-bond acceptors (Lipinski definition) is 6. The Balaban J connectivity index is 4.42. The van der Waals surface area contributed by atoms with Crippen LogP contribution in [-0.4, -0.2) is 69.8 Å². The van der Waals surface area contributed by atoms with Crippen molar-refractivity contribution in [2.75, 3.05) is 61.0 Å². The summed E-state index contributed by atoms with van der Waals surface area (Å²) in [6.07, 6.45) is 7.54. The predicted octanol–water partition coefficient (Wildman–Crippen LogP) is 3.44. The van der Waals surface area contributed by atoms with Crippen LogP contribution in [0, 0.1) is 0 Å². The second-order valence-electron chi connectivity index (χ2n) is 5.82. The number of hydrogen-bond donors (Lipinski definition) is 0. The van der Waals surface area contributed by atoms with Crippen molar-refractivity contribution in [1.82, 2.24) is 0 Å². The molecule has 0 amide bonds. The first-order valence-electron chi connectivity index (χ1n) is 9.24. The van der Waals surface area contributed by atoms with Gasteiger partial charge in [-0.1, -0.05) is 6.08 Å². The van der Waals surface area contributed by atoms with Crippen molar-refractivity contribution >= 4 is 8.80 Å². The maximum atomic E-state index is 6.13. The highest BCUT2D eigenvalue weighted by Gasteiger charge is 2.39. The second kappa shape index (κ2) is 18.5. The zero-order chi connectivity index (χ0) is 18.6. The van der Waals surface area contributed by atoms with Gasteiger partial charge in [-0.3, -0.25) is 0 Å². The van der Waals surface area contributed by atoms with Crippen LogP contribution in [0.3, 0.4) is 0 Å². The van der Waals surface area contributed by atoms with Crippen LogP contribution < -0.4 is 0 Å². The Hall–Kier alpha value is -0.283. The van der Waals surface area contributed by atoms with Gasteiger partial charge < -0.3 is 27.5 Å². The van der Waals surface area contributed by atoms with Crippen LogP contribution in [0.25, 0.3) is 0 Å². The predicted molar refractivity (Wildman–Crippen MR) is 102 cm³/mol. The summed E-state index contributed by atoms with van der Waals surface area (Å²) in [6, 6.07) is 0.631. The molecule has 0 aromatic carbocycles. The van der Waals surface area contributed by atoms with Gasteiger partial charge in [0.2, 0.25) is 0 Å². The van der Waals surface area contributed by atoms with E-state index in [0.717, 1.165) is 58.3 Å². The van der Waals surface area contributed by atoms with Crippen LogP contribution in [0.4, 0.5) is 0 Å². The molecule has 0 aromatic rings. The highest BCUT2D eigenvalue weighted by molar-refractivity contribution is 6.61. The first kappa shape index (κ1) is 24.7. The van der Waals surface area contributed by atoms with Crippen LogP contribution in [0.1, 0.15) is 38.5 Å². The topological polar surface area (TPSA) is 55.4 Å². The fourth-order valence-corrected chi connectivity index (χ4v) is 4.53. The standard InChI is InChI=1S/C18H38O6Si/c1-5-18-25(22-15-9-6-12-19-2,23-16-10-7-13-20-3)24-17-11-8-14-21-4/h5H,1,6-18H2,2-4H3. The monoisotopic (exact) mass is 378 g/mol. The average molecular weight is 379 g/mol. The molecule has 0 heterocycles. The lowest BCUT2D eigenvalue weighted by Crippen LogP contribution is -2.46. The van der Waals surface area contributed by atoms with E-state index < -0.39 is 8.80 Å². The maximum absolute atomic E-state index is 6.13. The molecule has 0 radical (unpaired) electrons. The van der Waals surface area contributed by atoms with E-state index in [1.807, 2.05) is 6.08 Å². The van der Waals surface area contributed by atoms with E-state index in [1.54, 1.807) is 21.3 Å². The van der Waals surface area contributed by atoms with Crippen LogP contribution in [0.15, 0.2) is 12.7 Å². The normalized spacial score (nSPS) is 11.8. The molecule has 150 valence electrons. The van der Waals surface area contributed by atoms with Gasteiger partial charge in [-0.2, -0.15) is 0 Å². The molecule has 0 rings (SSSR count). The Labute approximate surface area is 155 Å². The molecular weight excluding hydrogens is 340 g/mol. The Morgan fingerprint density at radius 2 is 0.920 bits per heavy atom. The van der Waals surface area contributed by atoms with Gasteiger partial charge in [0.1, 0.15) is 0 Å². The number of rotatable bonds is 20. The number of unbranched alkanes of at least 4 members (excludes halogenated alkanes) is 3. The zero-order valence-corrected chi connectivity index (χ0v) is 17.4. The molecule has 0 aliphatic heterocycles. The first-order valence-corrected chi connectivity index (χ1v) is 11.2. The van der Waals surface area contributed by atoms with Gasteiger partial charge >= 0.3 is 8.80 Å². The number of methoxy groups -OCH3 is 3. The minimum atomic E-state index is -2.72. The molecule has 0 saturated heterocycles. The van der Waals surface area contributed by atoms with Crippen molar-refractivity contribution in [2.45, 2.75) is 44.6 Å². The maximum Gasteiger partial charge on any atom is 0.504 e. The van der Waals surface area contributed by atoms with Crippen molar-refractivity contribution in [1.29, 1.82) is 0 Å². The lowest BCUT2D eigenvalue weighted by atomic mass is 10.3. The lowest BCUT2D eigenvalue weighted by Gasteiger charge is -2.29. The molecule has 0 fully saturated rings. The highest BCUT2D eigenvalue weighted by Crippen LogP contribution is 2.19. The Kier molecular flexibility index (Phi) is 18.3. The second-order valence-corrected chi connectivity index (χ2v) is 8.46. The Bertz CT molecular complexity index is 255. The fraction of sp³-hybridized carbons (Fsp3) is 0.889. The Morgan fingerprint density at radius 3 is 1.20 bits per heavy atom. The molecule has 6 nitrogen and oxygen atoms in total. The molecule has 0 N–H and O–H groups in total. The molecule has 7 heteroatoms. The number of allylic oxidation sites excluding steroid dienone is 1. The SMILES string of the molecule is C=CC[Si](OCCCCOC)(OCCCCOC)OCCCCOC. The molecule has 0 aliphatic rings. The third-order valence-electron chi connectivity index (χ3n) is 3.59. The smallest absolute Gasteiger partial charge is 0.385 e. The van der Waals surface area contributed by atoms with Crippen molar-refractivity contribution < 1.29 is 27.5 Å². The molecule has 0 atom stereocenters. The van der Waals surface area contributed by atoms with E-state index in [4.69, 9.17) is 27.5 Å². The fourth-order valence-electron chi connectivity index (χ4n) is 2.21. The summed E-state index contributed by atoms with van der Waals surface area (Å²) in [5, 5.41) is 0. The van der Waals surface area contributed by atoms with Crippen molar-refractivity contribution in [3.63, 3.8) is 0 Å². The summed E-state index contributed by atoms with van der Waals surface area (Å²) in [5.41, 5.74) is 0. The molecule has 0 aliphatic carbocycles. The molecule has 0 unspecified atom stereocenters. The van der Waals surface area contributed by atoms with Crippen LogP contribution >= 0.6 is 0 Å². The van der Waals surface area contributed by atoms with Crippen LogP contribution in [0.2, 0.25) is 6.04 Å². The van der Waals surface area contributed by atoms with E-state index in [9.17, 15) is 0 Å². The van der Waals surface area contributed by atoms with Crippen LogP contribution in [-0.2, 0) is 27.5 Å². The van der Waals surface area contributed by atoms with Gasteiger partial charge in [-0.25, -0.2) is 0 Å². The summed E-state index contributed by atoms with van der Waals surface area (Å²) < 4.78 is 33.6. The van der Waals surface area contributed by atoms with E-state index >= 15 is 0 Å². The van der Waals surface area contributed by atoms with Gasteiger partial charge in [-0.15, -0.1) is 6.58 Å². The largest absolute Gasteiger partial charge is 0.504 e. The van der Waals surface area contributed by atoms with E-state index in [-0.39, 0.29) is 0 Å². The molecule has 0 aromatic heterocycles. The molecule has 25 heavy (non-hydrogen) atoms. The van der Waals surface area contributed by atoms with Crippen LogP contribution in [0.5, 0.6) is 0 Å². The molecular formula is C18H38O6Si. The van der Waals surface area contributed by atoms with Gasteiger partial charge in [0, 0.05) is 67.0 Å². The van der Waals surface area contributed by atoms with Gasteiger partial charge in [-0.05, 0) is 38.5 Å². The molecule has 0 spiro atoms. The van der Waals surface area contributed by atoms with Gasteiger partial charge in [0.15, 0.2) is 0 Å². The molecule has 0 saturated carbocycles. The third-order valence-corrected chi connectivity index (χ3v) is 6.31. The van der Waals surface area contributed by atoms with Gasteiger partial charge in [0.25, 0.3) is 0 Å². The molecule has 0 bridgehead atoms. The van der Waals surface area contributed by atoms with E-state index in [1.165, 1.54) is 0 Å². The van der Waals surface area contributed by atoms with E-state index in [0.29, 0.717) is 25.9 Å². The van der Waals surface area contributed by atoms with E-state index in [2.05, 4.69) is 6.58 Å². The summed E-state index contributed by atoms with van der Waals surface area (Å²) >= 11 is 0. The summed E-state index contributed by atoms with van der Waals surface area (Å²) in [4.78, 5) is 0. The quantitative estimate of drug-likeness (QED) is 0.184. The van der Waals surface area contributed by atoms with Crippen molar-refractivity contribution in [3.8, 4) is 0 Å². The minimum absolute atomic E-state index is 0.625. The minimum Gasteiger partial charge on any atom is -0.385 e. The highest BCUT2D eigenvalue weighted by atomic mass is 28.4. The lowest BCUT2D eigenvalue weighted by molar-refractivity contribution is 0.0534. The Morgan fingerprint density at radius 1 is 0.600 bits per heavy atom.